The molecule has 10 heteroatoms. The smallest absolute Gasteiger partial charge is 0.326 e. The van der Waals surface area contributed by atoms with Crippen molar-refractivity contribution >= 4 is 34.6 Å². The number of rotatable bonds is 11. The SMILES string of the molecule is CC(C)CC(NC(=O)CN)C(=O)NC(C)C(=O)NC(Cc1c[nH]c2ccccc12)C(=O)O. The third-order valence-electron chi connectivity index (χ3n) is 5.01. The van der Waals surface area contributed by atoms with E-state index in [1.54, 1.807) is 6.20 Å². The van der Waals surface area contributed by atoms with Crippen LogP contribution >= 0.6 is 0 Å². The van der Waals surface area contributed by atoms with Crippen LogP contribution in [0.5, 0.6) is 0 Å². The average Bonchev–Trinajstić information content (AvgIpc) is 3.14. The Morgan fingerprint density at radius 2 is 1.69 bits per heavy atom. The van der Waals surface area contributed by atoms with Crippen molar-refractivity contribution in [3.63, 3.8) is 0 Å². The first-order valence-electron chi connectivity index (χ1n) is 10.5. The van der Waals surface area contributed by atoms with E-state index < -0.39 is 41.8 Å². The number of H-pyrrole nitrogens is 1. The molecular weight excluding hydrogens is 414 g/mol. The lowest BCUT2D eigenvalue weighted by atomic mass is 10.0. The molecule has 0 spiro atoms. The second-order valence-corrected chi connectivity index (χ2v) is 8.15. The lowest BCUT2D eigenvalue weighted by Gasteiger charge is -2.23. The monoisotopic (exact) mass is 445 g/mol. The summed E-state index contributed by atoms with van der Waals surface area (Å²) in [4.78, 5) is 51.7. The van der Waals surface area contributed by atoms with Crippen molar-refractivity contribution in [3.05, 3.63) is 36.0 Å². The largest absolute Gasteiger partial charge is 0.480 e. The van der Waals surface area contributed by atoms with Crippen molar-refractivity contribution in [1.82, 2.24) is 20.9 Å². The van der Waals surface area contributed by atoms with E-state index in [0.29, 0.717) is 6.42 Å². The maximum Gasteiger partial charge on any atom is 0.326 e. The van der Waals surface area contributed by atoms with Crippen LogP contribution in [-0.4, -0.2) is 58.5 Å². The van der Waals surface area contributed by atoms with Crippen LogP contribution < -0.4 is 21.7 Å². The van der Waals surface area contributed by atoms with Crippen LogP contribution in [0.15, 0.2) is 30.5 Å². The van der Waals surface area contributed by atoms with Crippen LogP contribution in [0.25, 0.3) is 10.9 Å². The van der Waals surface area contributed by atoms with Crippen LogP contribution in [-0.2, 0) is 25.6 Å². The summed E-state index contributed by atoms with van der Waals surface area (Å²) in [6.07, 6.45) is 2.16. The highest BCUT2D eigenvalue weighted by Crippen LogP contribution is 2.19. The van der Waals surface area contributed by atoms with Gasteiger partial charge in [-0.2, -0.15) is 0 Å². The molecule has 1 heterocycles. The maximum absolute atomic E-state index is 12.6. The minimum absolute atomic E-state index is 0.0777. The third-order valence-corrected chi connectivity index (χ3v) is 5.01. The molecule has 0 bridgehead atoms. The van der Waals surface area contributed by atoms with E-state index in [-0.39, 0.29) is 18.9 Å². The molecule has 10 nitrogen and oxygen atoms in total. The van der Waals surface area contributed by atoms with Gasteiger partial charge in [-0.1, -0.05) is 32.0 Å². The maximum atomic E-state index is 12.6. The van der Waals surface area contributed by atoms with E-state index in [1.165, 1.54) is 6.92 Å². The molecular formula is C22H31N5O5. The zero-order chi connectivity index (χ0) is 23.8. The number of hydrogen-bond donors (Lipinski definition) is 6. The third kappa shape index (κ3) is 6.81. The summed E-state index contributed by atoms with van der Waals surface area (Å²) in [6.45, 7) is 4.99. The van der Waals surface area contributed by atoms with E-state index in [9.17, 15) is 24.3 Å². The molecule has 0 aliphatic heterocycles. The van der Waals surface area contributed by atoms with E-state index >= 15 is 0 Å². The van der Waals surface area contributed by atoms with Crippen molar-refractivity contribution in [2.24, 2.45) is 11.7 Å². The van der Waals surface area contributed by atoms with Crippen LogP contribution in [0.1, 0.15) is 32.8 Å². The predicted octanol–water partition coefficient (Wildman–Crippen LogP) is 0.274. The number of hydrogen-bond acceptors (Lipinski definition) is 5. The summed E-state index contributed by atoms with van der Waals surface area (Å²) in [6, 6.07) is 4.44. The highest BCUT2D eigenvalue weighted by atomic mass is 16.4. The van der Waals surface area contributed by atoms with Gasteiger partial charge < -0.3 is 31.8 Å². The molecule has 3 unspecified atom stereocenters. The van der Waals surface area contributed by atoms with Gasteiger partial charge in [-0.25, -0.2) is 4.79 Å². The Labute approximate surface area is 186 Å². The standard InChI is InChI=1S/C22H31N5O5/c1-12(2)8-17(26-19(28)10-23)21(30)25-13(3)20(29)27-18(22(31)32)9-14-11-24-16-7-5-4-6-15(14)16/h4-7,11-13,17-18,24H,8-10,23H2,1-3H3,(H,25,30)(H,26,28)(H,27,29)(H,31,32). The number of nitrogens with two attached hydrogens (primary N) is 1. The highest BCUT2D eigenvalue weighted by molar-refractivity contribution is 5.93. The quantitative estimate of drug-likeness (QED) is 0.290. The van der Waals surface area contributed by atoms with Gasteiger partial charge in [0.1, 0.15) is 18.1 Å². The predicted molar refractivity (Wildman–Crippen MR) is 120 cm³/mol. The molecule has 0 saturated carbocycles. The summed E-state index contributed by atoms with van der Waals surface area (Å²) in [7, 11) is 0. The fraction of sp³-hybridized carbons (Fsp3) is 0.455. The number of carboxylic acid groups (broad SMARTS) is 1. The number of fused-ring (bicyclic) bond motifs is 1. The molecule has 7 N–H and O–H groups in total. The molecule has 3 atom stereocenters. The van der Waals surface area contributed by atoms with Crippen molar-refractivity contribution in [2.45, 2.75) is 51.7 Å². The van der Waals surface area contributed by atoms with Gasteiger partial charge in [0.25, 0.3) is 0 Å². The van der Waals surface area contributed by atoms with Crippen LogP contribution in [0, 0.1) is 5.92 Å². The van der Waals surface area contributed by atoms with Gasteiger partial charge in [-0.3, -0.25) is 14.4 Å². The molecule has 0 aliphatic carbocycles. The van der Waals surface area contributed by atoms with Gasteiger partial charge in [-0.05, 0) is 30.9 Å². The fourth-order valence-corrected chi connectivity index (χ4v) is 3.35. The number of amides is 3. The van der Waals surface area contributed by atoms with Crippen molar-refractivity contribution < 1.29 is 24.3 Å². The first kappa shape index (κ1) is 24.9. The number of nitrogens with one attached hydrogen (secondary N) is 4. The second kappa shape index (κ2) is 11.3. The Morgan fingerprint density at radius 3 is 2.31 bits per heavy atom. The van der Waals surface area contributed by atoms with E-state index in [4.69, 9.17) is 5.73 Å². The van der Waals surface area contributed by atoms with Crippen molar-refractivity contribution in [3.8, 4) is 0 Å². The number of para-hydroxylation sites is 1. The number of benzene rings is 1. The Morgan fingerprint density at radius 1 is 1.00 bits per heavy atom. The Hall–Kier alpha value is -3.40. The number of carbonyl (C=O) groups is 4. The van der Waals surface area contributed by atoms with Crippen molar-refractivity contribution in [1.29, 1.82) is 0 Å². The molecule has 174 valence electrons. The molecule has 0 saturated heterocycles. The molecule has 1 aromatic heterocycles. The van der Waals surface area contributed by atoms with E-state index in [1.807, 2.05) is 38.1 Å². The zero-order valence-electron chi connectivity index (χ0n) is 18.5. The number of aliphatic carboxylic acids is 1. The lowest BCUT2D eigenvalue weighted by molar-refractivity contribution is -0.142. The molecule has 0 fully saturated rings. The first-order valence-corrected chi connectivity index (χ1v) is 10.5. The Bertz CT molecular complexity index is 971. The summed E-state index contributed by atoms with van der Waals surface area (Å²) in [5.41, 5.74) is 6.93. The molecule has 1 aromatic carbocycles. The summed E-state index contributed by atoms with van der Waals surface area (Å²) in [5.74, 6) is -2.73. The van der Waals surface area contributed by atoms with Crippen LogP contribution in [0.2, 0.25) is 0 Å². The Balaban J connectivity index is 2.03. The highest BCUT2D eigenvalue weighted by Gasteiger charge is 2.28. The normalized spacial score (nSPS) is 13.9. The van der Waals surface area contributed by atoms with Crippen LogP contribution in [0.4, 0.5) is 0 Å². The number of aromatic amines is 1. The topological polar surface area (TPSA) is 166 Å². The molecule has 2 aromatic rings. The molecule has 0 aliphatic rings. The molecule has 32 heavy (non-hydrogen) atoms. The molecule has 0 radical (unpaired) electrons. The minimum atomic E-state index is -1.19. The number of carboxylic acids is 1. The summed E-state index contributed by atoms with van der Waals surface area (Å²) in [5, 5.41) is 18.0. The summed E-state index contributed by atoms with van der Waals surface area (Å²) >= 11 is 0. The summed E-state index contributed by atoms with van der Waals surface area (Å²) < 4.78 is 0. The fourth-order valence-electron chi connectivity index (χ4n) is 3.35. The Kier molecular flexibility index (Phi) is 8.77. The minimum Gasteiger partial charge on any atom is -0.480 e. The van der Waals surface area contributed by atoms with Crippen LogP contribution in [0.3, 0.4) is 0 Å². The van der Waals surface area contributed by atoms with Gasteiger partial charge in [-0.15, -0.1) is 0 Å². The van der Waals surface area contributed by atoms with Crippen molar-refractivity contribution in [2.75, 3.05) is 6.54 Å². The molecule has 2 rings (SSSR count). The zero-order valence-corrected chi connectivity index (χ0v) is 18.5. The number of aromatic nitrogens is 1. The van der Waals surface area contributed by atoms with Gasteiger partial charge in [0, 0.05) is 23.5 Å². The van der Waals surface area contributed by atoms with Gasteiger partial charge in [0.05, 0.1) is 6.54 Å². The lowest BCUT2D eigenvalue weighted by Crippen LogP contribution is -2.55. The van der Waals surface area contributed by atoms with E-state index in [0.717, 1.165) is 16.5 Å². The number of carbonyl (C=O) groups excluding carboxylic acids is 3. The van der Waals surface area contributed by atoms with Gasteiger partial charge in [0.2, 0.25) is 17.7 Å². The van der Waals surface area contributed by atoms with Gasteiger partial charge >= 0.3 is 5.97 Å². The second-order valence-electron chi connectivity index (χ2n) is 8.15. The van der Waals surface area contributed by atoms with Gasteiger partial charge in [0.15, 0.2) is 0 Å². The average molecular weight is 446 g/mol. The molecule has 3 amide bonds. The van der Waals surface area contributed by atoms with E-state index in [2.05, 4.69) is 20.9 Å². The first-order chi connectivity index (χ1) is 15.1.